The molecule has 0 aliphatic carbocycles. The van der Waals surface area contributed by atoms with Crippen molar-refractivity contribution in [2.45, 2.75) is 20.0 Å². The highest BCUT2D eigenvalue weighted by atomic mass is 19.4. The van der Waals surface area contributed by atoms with Crippen molar-refractivity contribution in [3.05, 3.63) is 35.0 Å². The first-order valence-corrected chi connectivity index (χ1v) is 6.10. The summed E-state index contributed by atoms with van der Waals surface area (Å²) in [6.07, 6.45) is -4.48. The van der Waals surface area contributed by atoms with E-state index >= 15 is 0 Å². The van der Waals surface area contributed by atoms with Crippen molar-refractivity contribution in [1.29, 1.82) is 0 Å². The van der Waals surface area contributed by atoms with Crippen molar-refractivity contribution in [2.24, 2.45) is 0 Å². The fraction of sp³-hybridized carbons (Fsp3) is 0.308. The lowest BCUT2D eigenvalue weighted by atomic mass is 10.0. The van der Waals surface area contributed by atoms with Gasteiger partial charge >= 0.3 is 12.1 Å². The van der Waals surface area contributed by atoms with Gasteiger partial charge in [-0.3, -0.25) is 0 Å². The molecule has 0 bridgehead atoms. The SMILES string of the molecule is CCOC(=O)c1n[nH]nc1-c1ccc(C)c(C(F)(F)F)c1. The Bertz CT molecular complexity index is 665. The van der Waals surface area contributed by atoms with Gasteiger partial charge < -0.3 is 4.74 Å². The third-order valence-electron chi connectivity index (χ3n) is 2.83. The average Bonchev–Trinajstić information content (AvgIpc) is 2.87. The number of carbonyl (C=O) groups is 1. The van der Waals surface area contributed by atoms with Gasteiger partial charge in [0, 0.05) is 5.56 Å². The lowest BCUT2D eigenvalue weighted by molar-refractivity contribution is -0.138. The summed E-state index contributed by atoms with van der Waals surface area (Å²) in [5, 5.41) is 9.60. The number of rotatable bonds is 3. The number of hydrogen-bond donors (Lipinski definition) is 1. The molecule has 5 nitrogen and oxygen atoms in total. The van der Waals surface area contributed by atoms with Gasteiger partial charge in [0.1, 0.15) is 5.69 Å². The Balaban J connectivity index is 2.49. The standard InChI is InChI=1S/C13H12F3N3O2/c1-3-21-12(20)11-10(17-19-18-11)8-5-4-7(2)9(6-8)13(14,15)16/h4-6H,3H2,1-2H3,(H,17,18,19). The van der Waals surface area contributed by atoms with E-state index in [-0.39, 0.29) is 29.1 Å². The van der Waals surface area contributed by atoms with E-state index in [4.69, 9.17) is 4.74 Å². The van der Waals surface area contributed by atoms with Crippen LogP contribution in [0.1, 0.15) is 28.5 Å². The summed E-state index contributed by atoms with van der Waals surface area (Å²) < 4.78 is 43.5. The van der Waals surface area contributed by atoms with Crippen LogP contribution in [-0.4, -0.2) is 28.0 Å². The lowest BCUT2D eigenvalue weighted by Gasteiger charge is -2.11. The van der Waals surface area contributed by atoms with Crippen LogP contribution in [0.2, 0.25) is 0 Å². The molecule has 1 N–H and O–H groups in total. The van der Waals surface area contributed by atoms with Gasteiger partial charge in [-0.1, -0.05) is 12.1 Å². The molecule has 112 valence electrons. The molecule has 0 saturated heterocycles. The van der Waals surface area contributed by atoms with E-state index in [0.717, 1.165) is 6.07 Å². The van der Waals surface area contributed by atoms with Crippen molar-refractivity contribution >= 4 is 5.97 Å². The molecule has 0 saturated carbocycles. The van der Waals surface area contributed by atoms with Gasteiger partial charge in [0.25, 0.3) is 0 Å². The molecule has 8 heteroatoms. The maximum Gasteiger partial charge on any atom is 0.416 e. The molecule has 2 aromatic rings. The molecule has 0 aliphatic rings. The predicted molar refractivity (Wildman–Crippen MR) is 67.5 cm³/mol. The van der Waals surface area contributed by atoms with Crippen molar-refractivity contribution in [2.75, 3.05) is 6.61 Å². The predicted octanol–water partition coefficient (Wildman–Crippen LogP) is 2.98. The summed E-state index contributed by atoms with van der Waals surface area (Å²) >= 11 is 0. The Morgan fingerprint density at radius 3 is 2.67 bits per heavy atom. The van der Waals surface area contributed by atoms with Crippen LogP contribution in [0.25, 0.3) is 11.3 Å². The van der Waals surface area contributed by atoms with Crippen LogP contribution in [0.15, 0.2) is 18.2 Å². The fourth-order valence-electron chi connectivity index (χ4n) is 1.85. The van der Waals surface area contributed by atoms with Gasteiger partial charge in [-0.05, 0) is 25.5 Å². The van der Waals surface area contributed by atoms with Crippen LogP contribution in [-0.2, 0) is 10.9 Å². The molecule has 0 radical (unpaired) electrons. The number of nitrogens with zero attached hydrogens (tertiary/aromatic N) is 2. The second kappa shape index (κ2) is 5.55. The van der Waals surface area contributed by atoms with Crippen LogP contribution in [0.3, 0.4) is 0 Å². The molecule has 2 rings (SSSR count). The Morgan fingerprint density at radius 2 is 2.05 bits per heavy atom. The summed E-state index contributed by atoms with van der Waals surface area (Å²) in [6, 6.07) is 3.71. The molecule has 0 fully saturated rings. The number of hydrogen-bond acceptors (Lipinski definition) is 4. The number of aromatic nitrogens is 3. The van der Waals surface area contributed by atoms with Crippen molar-refractivity contribution in [3.63, 3.8) is 0 Å². The highest BCUT2D eigenvalue weighted by molar-refractivity contribution is 5.93. The Kier molecular flexibility index (Phi) is 3.97. The van der Waals surface area contributed by atoms with E-state index in [1.165, 1.54) is 19.1 Å². The van der Waals surface area contributed by atoms with Crippen molar-refractivity contribution in [3.8, 4) is 11.3 Å². The van der Waals surface area contributed by atoms with Crippen LogP contribution >= 0.6 is 0 Å². The Labute approximate surface area is 118 Å². The largest absolute Gasteiger partial charge is 0.461 e. The number of H-pyrrole nitrogens is 1. The number of ether oxygens (including phenoxy) is 1. The van der Waals surface area contributed by atoms with E-state index in [9.17, 15) is 18.0 Å². The van der Waals surface area contributed by atoms with E-state index in [1.54, 1.807) is 6.92 Å². The van der Waals surface area contributed by atoms with E-state index in [2.05, 4.69) is 15.4 Å². The Morgan fingerprint density at radius 1 is 1.33 bits per heavy atom. The normalized spacial score (nSPS) is 11.5. The van der Waals surface area contributed by atoms with Crippen LogP contribution < -0.4 is 0 Å². The molecule has 1 heterocycles. The monoisotopic (exact) mass is 299 g/mol. The van der Waals surface area contributed by atoms with E-state index in [1.807, 2.05) is 0 Å². The molecular weight excluding hydrogens is 287 g/mol. The third kappa shape index (κ3) is 3.04. The van der Waals surface area contributed by atoms with Crippen molar-refractivity contribution in [1.82, 2.24) is 15.4 Å². The zero-order chi connectivity index (χ0) is 15.6. The smallest absolute Gasteiger partial charge is 0.416 e. The van der Waals surface area contributed by atoms with Crippen molar-refractivity contribution < 1.29 is 22.7 Å². The summed E-state index contributed by atoms with van der Waals surface area (Å²) in [6.45, 7) is 3.11. The summed E-state index contributed by atoms with van der Waals surface area (Å²) in [7, 11) is 0. The molecule has 1 aromatic carbocycles. The molecular formula is C13H12F3N3O2. The average molecular weight is 299 g/mol. The minimum Gasteiger partial charge on any atom is -0.461 e. The van der Waals surface area contributed by atoms with Gasteiger partial charge in [0.2, 0.25) is 0 Å². The number of nitrogens with one attached hydrogen (secondary N) is 1. The maximum absolute atomic E-state index is 12.9. The van der Waals surface area contributed by atoms with Gasteiger partial charge in [-0.25, -0.2) is 4.79 Å². The van der Waals surface area contributed by atoms with Gasteiger partial charge in [-0.15, -0.1) is 5.10 Å². The molecule has 0 unspecified atom stereocenters. The highest BCUT2D eigenvalue weighted by Crippen LogP contribution is 2.34. The number of halogens is 3. The first-order chi connectivity index (χ1) is 9.84. The molecule has 0 spiro atoms. The summed E-state index contributed by atoms with van der Waals surface area (Å²) in [5.41, 5.74) is -0.664. The minimum absolute atomic E-state index is 0.0268. The van der Waals surface area contributed by atoms with E-state index < -0.39 is 17.7 Å². The van der Waals surface area contributed by atoms with Gasteiger partial charge in [0.05, 0.1) is 12.2 Å². The van der Waals surface area contributed by atoms with Crippen LogP contribution in [0, 0.1) is 6.92 Å². The molecule has 21 heavy (non-hydrogen) atoms. The molecule has 0 aliphatic heterocycles. The summed E-state index contributed by atoms with van der Waals surface area (Å²) in [4.78, 5) is 11.7. The topological polar surface area (TPSA) is 67.9 Å². The number of alkyl halides is 3. The molecule has 1 aromatic heterocycles. The quantitative estimate of drug-likeness (QED) is 0.885. The highest BCUT2D eigenvalue weighted by Gasteiger charge is 2.33. The van der Waals surface area contributed by atoms with Gasteiger partial charge in [-0.2, -0.15) is 23.5 Å². The summed E-state index contributed by atoms with van der Waals surface area (Å²) in [5.74, 6) is -0.740. The van der Waals surface area contributed by atoms with Gasteiger partial charge in [0.15, 0.2) is 5.69 Å². The fourth-order valence-corrected chi connectivity index (χ4v) is 1.85. The molecule has 0 amide bonds. The number of carbonyl (C=O) groups excluding carboxylic acids is 1. The first kappa shape index (κ1) is 15.0. The Hall–Kier alpha value is -2.38. The minimum atomic E-state index is -4.48. The second-order valence-corrected chi connectivity index (χ2v) is 4.27. The third-order valence-corrected chi connectivity index (χ3v) is 2.83. The zero-order valence-corrected chi connectivity index (χ0v) is 11.3. The second-order valence-electron chi connectivity index (χ2n) is 4.27. The zero-order valence-electron chi connectivity index (χ0n) is 11.3. The maximum atomic E-state index is 12.9. The molecule has 0 atom stereocenters. The van der Waals surface area contributed by atoms with E-state index in [0.29, 0.717) is 0 Å². The number of aryl methyl sites for hydroxylation is 1. The number of benzene rings is 1. The van der Waals surface area contributed by atoms with Crippen LogP contribution in [0.4, 0.5) is 13.2 Å². The number of aromatic amines is 1. The number of esters is 1. The lowest BCUT2D eigenvalue weighted by Crippen LogP contribution is -2.09. The first-order valence-electron chi connectivity index (χ1n) is 6.10. The van der Waals surface area contributed by atoms with Crippen LogP contribution in [0.5, 0.6) is 0 Å².